The molecule has 1 aliphatic carbocycles. The summed E-state index contributed by atoms with van der Waals surface area (Å²) in [6, 6.07) is 11.8. The van der Waals surface area contributed by atoms with Crippen molar-refractivity contribution >= 4 is 17.4 Å². The van der Waals surface area contributed by atoms with E-state index >= 15 is 0 Å². The van der Waals surface area contributed by atoms with E-state index in [4.69, 9.17) is 9.84 Å². The molecule has 33 heavy (non-hydrogen) atoms. The Morgan fingerprint density at radius 2 is 1.91 bits per heavy atom. The van der Waals surface area contributed by atoms with Crippen LogP contribution in [0.1, 0.15) is 60.7 Å². The Balaban J connectivity index is 1.41. The lowest BCUT2D eigenvalue weighted by Crippen LogP contribution is -2.25. The van der Waals surface area contributed by atoms with Gasteiger partial charge in [-0.3, -0.25) is 4.79 Å². The summed E-state index contributed by atoms with van der Waals surface area (Å²) < 4.78 is 9.60. The van der Waals surface area contributed by atoms with Gasteiger partial charge < -0.3 is 10.1 Å². The fourth-order valence-corrected chi connectivity index (χ4v) is 5.00. The van der Waals surface area contributed by atoms with Crippen LogP contribution in [0.15, 0.2) is 36.4 Å². The van der Waals surface area contributed by atoms with E-state index in [1.807, 2.05) is 38.1 Å². The molecule has 1 saturated carbocycles. The number of aryl methyl sites for hydroxylation is 2. The molecule has 1 aromatic carbocycles. The van der Waals surface area contributed by atoms with Crippen LogP contribution in [0.2, 0.25) is 0 Å². The Morgan fingerprint density at radius 3 is 2.76 bits per heavy atom. The van der Waals surface area contributed by atoms with Gasteiger partial charge in [-0.2, -0.15) is 14.3 Å². The highest BCUT2D eigenvalue weighted by atomic mass is 16.5. The van der Waals surface area contributed by atoms with Crippen LogP contribution < -0.4 is 10.1 Å². The molecule has 3 aromatic heterocycles. The van der Waals surface area contributed by atoms with Gasteiger partial charge in [-0.25, -0.2) is 0 Å². The van der Waals surface area contributed by atoms with Gasteiger partial charge in [0.05, 0.1) is 11.8 Å². The highest BCUT2D eigenvalue weighted by molar-refractivity contribution is 5.95. The average Bonchev–Trinajstić information content (AvgIpc) is 3.53. The molecule has 0 bridgehead atoms. The predicted octanol–water partition coefficient (Wildman–Crippen LogP) is 3.72. The van der Waals surface area contributed by atoms with E-state index in [1.54, 1.807) is 9.20 Å². The zero-order valence-corrected chi connectivity index (χ0v) is 18.7. The summed E-state index contributed by atoms with van der Waals surface area (Å²) in [5, 5.41) is 20.6. The quantitative estimate of drug-likeness (QED) is 0.516. The SMILES string of the molecule is Cc1nn(-c2ccc3nnc(C)n3n2)c2c1[C@H](c1cccc(OC3CCCC3)c1)CC(=O)N2. The number of hydrogen-bond donors (Lipinski definition) is 1. The third-order valence-electron chi connectivity index (χ3n) is 6.59. The maximum Gasteiger partial charge on any atom is 0.226 e. The van der Waals surface area contributed by atoms with E-state index in [-0.39, 0.29) is 17.9 Å². The van der Waals surface area contributed by atoms with Crippen LogP contribution in [0.4, 0.5) is 5.82 Å². The fraction of sp³-hybridized carbons (Fsp3) is 0.375. The standard InChI is InChI=1S/C24H25N7O2/c1-14-23-19(16-6-5-9-18(12-16)33-17-7-3-4-8-17)13-22(32)25-24(23)31(28-14)21-11-10-20-27-26-15(2)30(20)29-21/h5-6,9-12,17,19H,3-4,7-8,13H2,1-2H3,(H,25,32)/t19-/m0/s1. The minimum absolute atomic E-state index is 0.0441. The molecule has 9 heteroatoms. The highest BCUT2D eigenvalue weighted by Gasteiger charge is 2.33. The number of hydrogen-bond acceptors (Lipinski definition) is 6. The van der Waals surface area contributed by atoms with Gasteiger partial charge in [0.15, 0.2) is 17.3 Å². The van der Waals surface area contributed by atoms with Crippen molar-refractivity contribution in [2.45, 2.75) is 58.0 Å². The number of carbonyl (C=O) groups is 1. The lowest BCUT2D eigenvalue weighted by atomic mass is 9.85. The van der Waals surface area contributed by atoms with Gasteiger partial charge in [0.2, 0.25) is 5.91 Å². The number of fused-ring (bicyclic) bond motifs is 2. The fourth-order valence-electron chi connectivity index (χ4n) is 5.00. The van der Waals surface area contributed by atoms with E-state index in [1.165, 1.54) is 12.8 Å². The Labute approximate surface area is 190 Å². The molecule has 6 rings (SSSR count). The number of carbonyl (C=O) groups excluding carboxylic acids is 1. The summed E-state index contributed by atoms with van der Waals surface area (Å²) in [5.41, 5.74) is 3.59. The molecule has 0 unspecified atom stereocenters. The van der Waals surface area contributed by atoms with Crippen molar-refractivity contribution in [3.05, 3.63) is 59.0 Å². The molecule has 1 amide bonds. The van der Waals surface area contributed by atoms with Crippen molar-refractivity contribution in [2.75, 3.05) is 5.32 Å². The van der Waals surface area contributed by atoms with Gasteiger partial charge in [-0.1, -0.05) is 12.1 Å². The van der Waals surface area contributed by atoms with Crippen molar-refractivity contribution in [2.24, 2.45) is 0 Å². The van der Waals surface area contributed by atoms with E-state index in [2.05, 4.69) is 32.7 Å². The van der Waals surface area contributed by atoms with Crippen molar-refractivity contribution < 1.29 is 9.53 Å². The second-order valence-electron chi connectivity index (χ2n) is 8.87. The number of benzene rings is 1. The van der Waals surface area contributed by atoms with Crippen LogP contribution in [-0.4, -0.2) is 41.6 Å². The van der Waals surface area contributed by atoms with Gasteiger partial charge in [0.25, 0.3) is 0 Å². The minimum atomic E-state index is -0.102. The summed E-state index contributed by atoms with van der Waals surface area (Å²) in [6.45, 7) is 3.82. The first-order chi connectivity index (χ1) is 16.1. The van der Waals surface area contributed by atoms with Crippen LogP contribution in [0.5, 0.6) is 5.75 Å². The first kappa shape index (κ1) is 19.9. The molecule has 1 aliphatic heterocycles. The molecule has 0 spiro atoms. The molecule has 1 fully saturated rings. The van der Waals surface area contributed by atoms with Crippen LogP contribution in [-0.2, 0) is 4.79 Å². The first-order valence-corrected chi connectivity index (χ1v) is 11.4. The summed E-state index contributed by atoms with van der Waals surface area (Å²) in [4.78, 5) is 12.8. The first-order valence-electron chi connectivity index (χ1n) is 11.4. The van der Waals surface area contributed by atoms with Crippen molar-refractivity contribution in [1.29, 1.82) is 0 Å². The molecular formula is C24H25N7O2. The second-order valence-corrected chi connectivity index (χ2v) is 8.87. The Bertz CT molecular complexity index is 1370. The zero-order chi connectivity index (χ0) is 22.5. The van der Waals surface area contributed by atoms with Crippen molar-refractivity contribution in [3.63, 3.8) is 0 Å². The Kier molecular flexibility index (Phi) is 4.63. The monoisotopic (exact) mass is 443 g/mol. The van der Waals surface area contributed by atoms with Gasteiger partial charge in [-0.05, 0) is 69.4 Å². The molecule has 4 heterocycles. The second kappa shape index (κ2) is 7.68. The molecule has 1 N–H and O–H groups in total. The molecule has 0 saturated heterocycles. The lowest BCUT2D eigenvalue weighted by Gasteiger charge is -2.25. The maximum atomic E-state index is 12.8. The van der Waals surface area contributed by atoms with Crippen LogP contribution in [0.3, 0.4) is 0 Å². The lowest BCUT2D eigenvalue weighted by molar-refractivity contribution is -0.116. The van der Waals surface area contributed by atoms with E-state index < -0.39 is 0 Å². The van der Waals surface area contributed by atoms with Crippen molar-refractivity contribution in [3.8, 4) is 11.6 Å². The zero-order valence-electron chi connectivity index (χ0n) is 18.7. The topological polar surface area (TPSA) is 99.2 Å². The largest absolute Gasteiger partial charge is 0.490 e. The summed E-state index contributed by atoms with van der Waals surface area (Å²) in [7, 11) is 0. The predicted molar refractivity (Wildman–Crippen MR) is 122 cm³/mol. The number of amides is 1. The van der Waals surface area contributed by atoms with Gasteiger partial charge in [0.1, 0.15) is 11.6 Å². The van der Waals surface area contributed by atoms with Gasteiger partial charge in [0, 0.05) is 17.9 Å². The van der Waals surface area contributed by atoms with E-state index in [0.717, 1.165) is 35.4 Å². The van der Waals surface area contributed by atoms with Gasteiger partial charge >= 0.3 is 0 Å². The van der Waals surface area contributed by atoms with E-state index in [9.17, 15) is 4.79 Å². The van der Waals surface area contributed by atoms with E-state index in [0.29, 0.717) is 29.5 Å². The smallest absolute Gasteiger partial charge is 0.226 e. The third kappa shape index (κ3) is 3.44. The number of anilines is 1. The number of nitrogens with one attached hydrogen (secondary N) is 1. The minimum Gasteiger partial charge on any atom is -0.490 e. The van der Waals surface area contributed by atoms with Crippen LogP contribution in [0.25, 0.3) is 11.5 Å². The molecule has 1 atom stereocenters. The molecule has 9 nitrogen and oxygen atoms in total. The summed E-state index contributed by atoms with van der Waals surface area (Å²) in [5.74, 6) is 2.66. The van der Waals surface area contributed by atoms with Crippen LogP contribution >= 0.6 is 0 Å². The summed E-state index contributed by atoms with van der Waals surface area (Å²) >= 11 is 0. The number of nitrogens with zero attached hydrogens (tertiary/aromatic N) is 6. The normalized spacial score (nSPS) is 18.5. The molecular weight excluding hydrogens is 418 g/mol. The maximum absolute atomic E-state index is 12.8. The Hall–Kier alpha value is -3.75. The number of rotatable bonds is 4. The molecule has 2 aliphatic rings. The molecule has 168 valence electrons. The molecule has 0 radical (unpaired) electrons. The summed E-state index contributed by atoms with van der Waals surface area (Å²) in [6.07, 6.45) is 5.32. The third-order valence-corrected chi connectivity index (χ3v) is 6.59. The average molecular weight is 444 g/mol. The molecule has 4 aromatic rings. The Morgan fingerprint density at radius 1 is 1.06 bits per heavy atom. The highest BCUT2D eigenvalue weighted by Crippen LogP contribution is 2.41. The van der Waals surface area contributed by atoms with Crippen LogP contribution in [0, 0.1) is 13.8 Å². The number of ether oxygens (including phenoxy) is 1. The number of aromatic nitrogens is 6. The van der Waals surface area contributed by atoms with Gasteiger partial charge in [-0.15, -0.1) is 15.3 Å². The van der Waals surface area contributed by atoms with Crippen molar-refractivity contribution in [1.82, 2.24) is 29.6 Å².